The summed E-state index contributed by atoms with van der Waals surface area (Å²) in [4.78, 5) is 27.7. The first kappa shape index (κ1) is 25.4. The van der Waals surface area contributed by atoms with Crippen LogP contribution in [0.4, 0.5) is 0 Å². The van der Waals surface area contributed by atoms with Crippen LogP contribution in [0.3, 0.4) is 0 Å². The van der Waals surface area contributed by atoms with Gasteiger partial charge in [-0.15, -0.1) is 15.0 Å². The molecule has 0 spiro atoms. The molecule has 0 N–H and O–H groups in total. The van der Waals surface area contributed by atoms with Crippen molar-refractivity contribution in [2.24, 2.45) is 0 Å². The molecule has 3 aromatic rings. The van der Waals surface area contributed by atoms with Gasteiger partial charge in [-0.2, -0.15) is 0 Å². The number of benzene rings is 2. The second-order valence-corrected chi connectivity index (χ2v) is 8.96. The van der Waals surface area contributed by atoms with E-state index in [0.29, 0.717) is 26.1 Å². The molecular formula is C29H30N4O5. The van der Waals surface area contributed by atoms with Crippen molar-refractivity contribution in [2.75, 3.05) is 39.5 Å². The summed E-state index contributed by atoms with van der Waals surface area (Å²) in [5.41, 5.74) is 4.82. The number of carbonyl (C=O) groups excluding carboxylic acids is 1. The van der Waals surface area contributed by atoms with Crippen molar-refractivity contribution in [3.63, 3.8) is 0 Å². The molecule has 2 aliphatic rings. The quantitative estimate of drug-likeness (QED) is 0.357. The lowest BCUT2D eigenvalue weighted by atomic mass is 9.93. The van der Waals surface area contributed by atoms with E-state index in [9.17, 15) is 4.79 Å². The van der Waals surface area contributed by atoms with Crippen LogP contribution in [0, 0.1) is 0 Å². The van der Waals surface area contributed by atoms with Gasteiger partial charge in [0, 0.05) is 18.9 Å². The van der Waals surface area contributed by atoms with Gasteiger partial charge in [-0.05, 0) is 22.3 Å². The summed E-state index contributed by atoms with van der Waals surface area (Å²) >= 11 is 0. The first-order valence-electron chi connectivity index (χ1n) is 12.6. The Labute approximate surface area is 221 Å². The summed E-state index contributed by atoms with van der Waals surface area (Å²) in [7, 11) is 0. The monoisotopic (exact) mass is 514 g/mol. The number of fused-ring (bicyclic) bond motifs is 3. The lowest BCUT2D eigenvalue weighted by Gasteiger charge is -2.33. The molecule has 9 heteroatoms. The van der Waals surface area contributed by atoms with Crippen molar-refractivity contribution >= 4 is 5.91 Å². The zero-order valence-electron chi connectivity index (χ0n) is 21.1. The predicted octanol–water partition coefficient (Wildman–Crippen LogP) is 3.81. The minimum absolute atomic E-state index is 0.0423. The summed E-state index contributed by atoms with van der Waals surface area (Å²) in [6.45, 7) is 9.23. The molecule has 2 heterocycles. The van der Waals surface area contributed by atoms with Crippen LogP contribution in [0.2, 0.25) is 0 Å². The van der Waals surface area contributed by atoms with Crippen LogP contribution in [0.1, 0.15) is 23.5 Å². The Balaban J connectivity index is 1.22. The highest BCUT2D eigenvalue weighted by atomic mass is 16.6. The normalized spacial score (nSPS) is 16.3. The summed E-state index contributed by atoms with van der Waals surface area (Å²) in [5, 5.41) is 0. The molecule has 1 amide bonds. The number of morpholine rings is 1. The molecule has 0 saturated carbocycles. The Kier molecular flexibility index (Phi) is 7.94. The van der Waals surface area contributed by atoms with E-state index in [0.717, 1.165) is 0 Å². The number of nitrogens with zero attached hydrogens (tertiary/aromatic N) is 4. The van der Waals surface area contributed by atoms with Gasteiger partial charge in [0.05, 0.1) is 13.2 Å². The molecule has 9 nitrogen and oxygen atoms in total. The Morgan fingerprint density at radius 3 is 2.03 bits per heavy atom. The third kappa shape index (κ3) is 5.68. The highest BCUT2D eigenvalue weighted by Gasteiger charge is 2.33. The third-order valence-electron chi connectivity index (χ3n) is 6.47. The van der Waals surface area contributed by atoms with Crippen LogP contribution in [0.15, 0.2) is 73.8 Å². The van der Waals surface area contributed by atoms with Gasteiger partial charge >= 0.3 is 18.0 Å². The van der Waals surface area contributed by atoms with Gasteiger partial charge in [-0.25, -0.2) is 0 Å². The van der Waals surface area contributed by atoms with Gasteiger partial charge in [0.1, 0.15) is 25.9 Å². The average Bonchev–Trinajstić information content (AvgIpc) is 3.27. The van der Waals surface area contributed by atoms with Crippen molar-refractivity contribution in [2.45, 2.75) is 18.4 Å². The van der Waals surface area contributed by atoms with Crippen LogP contribution in [0.25, 0.3) is 11.1 Å². The molecule has 1 aromatic heterocycles. The van der Waals surface area contributed by atoms with Crippen molar-refractivity contribution < 1.29 is 23.7 Å². The summed E-state index contributed by atoms with van der Waals surface area (Å²) in [6.07, 6.45) is 3.24. The number of rotatable bonds is 11. The lowest BCUT2D eigenvalue weighted by Crippen LogP contribution is -2.48. The smallest absolute Gasteiger partial charge is 0.326 e. The Bertz CT molecular complexity index is 1240. The number of aromatic nitrogens is 3. The van der Waals surface area contributed by atoms with Crippen molar-refractivity contribution in [1.29, 1.82) is 0 Å². The molecule has 1 unspecified atom stereocenters. The van der Waals surface area contributed by atoms with Gasteiger partial charge in [0.2, 0.25) is 5.91 Å². The van der Waals surface area contributed by atoms with Crippen LogP contribution >= 0.6 is 0 Å². The highest BCUT2D eigenvalue weighted by Crippen LogP contribution is 2.46. The molecule has 196 valence electrons. The largest absolute Gasteiger partial charge is 0.460 e. The molecule has 1 atom stereocenters. The van der Waals surface area contributed by atoms with Gasteiger partial charge in [0.15, 0.2) is 0 Å². The fourth-order valence-corrected chi connectivity index (χ4v) is 4.78. The number of carbonyl (C=O) groups is 1. The molecule has 1 aliphatic carbocycles. The molecule has 0 bridgehead atoms. The van der Waals surface area contributed by atoms with Crippen molar-refractivity contribution in [1.82, 2.24) is 19.9 Å². The van der Waals surface area contributed by atoms with E-state index in [1.165, 1.54) is 22.3 Å². The minimum atomic E-state index is -0.331. The maximum absolute atomic E-state index is 13.4. The molecular weight excluding hydrogens is 484 g/mol. The summed E-state index contributed by atoms with van der Waals surface area (Å²) in [5.74, 6) is 0.135. The van der Waals surface area contributed by atoms with Crippen LogP contribution in [-0.4, -0.2) is 71.4 Å². The standard InChI is InChI=1S/C29H30N4O5/c1-3-14-36-27-30-28(37-15-4-2)32-29(31-27)38-19-20-18-33(13-16-35-20)26(34)17-25-23-11-7-5-9-21(23)22-10-6-8-12-24(22)25/h3-12,20,25H,1-2,13-19H2. The maximum Gasteiger partial charge on any atom is 0.326 e. The first-order chi connectivity index (χ1) is 18.7. The molecule has 1 fully saturated rings. The third-order valence-corrected chi connectivity index (χ3v) is 6.47. The lowest BCUT2D eigenvalue weighted by molar-refractivity contribution is -0.140. The number of amides is 1. The molecule has 1 aliphatic heterocycles. The van der Waals surface area contributed by atoms with E-state index in [-0.39, 0.29) is 55.8 Å². The average molecular weight is 515 g/mol. The SMILES string of the molecule is C=CCOc1nc(OCC=C)nc(OCC2CN(C(=O)CC3c4ccccc4-c4ccccc43)CCO2)n1. The second kappa shape index (κ2) is 11.9. The van der Waals surface area contributed by atoms with Crippen LogP contribution in [-0.2, 0) is 9.53 Å². The number of hydrogen-bond acceptors (Lipinski definition) is 8. The minimum Gasteiger partial charge on any atom is -0.460 e. The van der Waals surface area contributed by atoms with E-state index >= 15 is 0 Å². The van der Waals surface area contributed by atoms with Gasteiger partial charge in [-0.3, -0.25) is 4.79 Å². The van der Waals surface area contributed by atoms with Gasteiger partial charge < -0.3 is 23.8 Å². The van der Waals surface area contributed by atoms with E-state index in [1.807, 2.05) is 29.2 Å². The highest BCUT2D eigenvalue weighted by molar-refractivity contribution is 5.84. The zero-order chi connectivity index (χ0) is 26.3. The van der Waals surface area contributed by atoms with Crippen molar-refractivity contribution in [3.8, 4) is 29.2 Å². The van der Waals surface area contributed by atoms with E-state index in [4.69, 9.17) is 18.9 Å². The molecule has 2 aromatic carbocycles. The fourth-order valence-electron chi connectivity index (χ4n) is 4.78. The van der Waals surface area contributed by atoms with Gasteiger partial charge in [0.25, 0.3) is 0 Å². The molecule has 38 heavy (non-hydrogen) atoms. The molecule has 5 rings (SSSR count). The molecule has 0 radical (unpaired) electrons. The summed E-state index contributed by atoms with van der Waals surface area (Å²) < 4.78 is 22.5. The van der Waals surface area contributed by atoms with E-state index in [2.05, 4.69) is 52.4 Å². The van der Waals surface area contributed by atoms with Crippen LogP contribution in [0.5, 0.6) is 18.0 Å². The number of ether oxygens (including phenoxy) is 4. The number of hydrogen-bond donors (Lipinski definition) is 0. The topological polar surface area (TPSA) is 95.9 Å². The zero-order valence-corrected chi connectivity index (χ0v) is 21.1. The first-order valence-corrected chi connectivity index (χ1v) is 12.6. The maximum atomic E-state index is 13.4. The predicted molar refractivity (Wildman–Crippen MR) is 141 cm³/mol. The molecule has 1 saturated heterocycles. The van der Waals surface area contributed by atoms with Gasteiger partial charge in [-0.1, -0.05) is 73.8 Å². The van der Waals surface area contributed by atoms with E-state index in [1.54, 1.807) is 12.2 Å². The Morgan fingerprint density at radius 1 is 0.895 bits per heavy atom. The summed E-state index contributed by atoms with van der Waals surface area (Å²) in [6, 6.07) is 16.8. The van der Waals surface area contributed by atoms with Crippen LogP contribution < -0.4 is 14.2 Å². The Morgan fingerprint density at radius 2 is 1.45 bits per heavy atom. The van der Waals surface area contributed by atoms with Crippen molar-refractivity contribution in [3.05, 3.63) is 85.0 Å². The Hall–Kier alpha value is -4.24. The second-order valence-electron chi connectivity index (χ2n) is 8.96. The van der Waals surface area contributed by atoms with E-state index < -0.39 is 0 Å². The fraction of sp³-hybridized carbons (Fsp3) is 0.310.